The summed E-state index contributed by atoms with van der Waals surface area (Å²) in [5, 5.41) is 1.18. The Kier molecular flexibility index (Phi) is 8.50. The van der Waals surface area contributed by atoms with Crippen molar-refractivity contribution in [3.05, 3.63) is 77.9 Å². The van der Waals surface area contributed by atoms with E-state index in [9.17, 15) is 13.2 Å². The minimum atomic E-state index is -3.65. The molecule has 0 heterocycles. The number of carbonyl (C=O) groups excluding carboxylic acids is 1. The van der Waals surface area contributed by atoms with E-state index in [4.69, 9.17) is 4.74 Å². The minimum absolute atomic E-state index is 0.306. The van der Waals surface area contributed by atoms with Gasteiger partial charge in [-0.25, -0.2) is 8.42 Å². The van der Waals surface area contributed by atoms with Crippen molar-refractivity contribution in [3.63, 3.8) is 0 Å². The Morgan fingerprint density at radius 2 is 1.64 bits per heavy atom. The van der Waals surface area contributed by atoms with Gasteiger partial charge in [0.1, 0.15) is 11.4 Å². The highest BCUT2D eigenvalue weighted by Gasteiger charge is 2.40. The van der Waals surface area contributed by atoms with Gasteiger partial charge in [0, 0.05) is 0 Å². The maximum Gasteiger partial charge on any atom is 0.313 e. The number of fused-ring (bicyclic) bond motifs is 1. The largest absolute Gasteiger partial charge is 0.461 e. The monoisotopic (exact) mass is 506 g/mol. The molecule has 4 nitrogen and oxygen atoms in total. The van der Waals surface area contributed by atoms with Crippen LogP contribution in [0.4, 0.5) is 0 Å². The normalized spacial score (nSPS) is 19.3. The highest BCUT2D eigenvalue weighted by molar-refractivity contribution is 7.92. The highest BCUT2D eigenvalue weighted by atomic mass is 32.2. The van der Waals surface area contributed by atoms with E-state index < -0.39 is 21.2 Å². The van der Waals surface area contributed by atoms with Crippen LogP contribution in [0.25, 0.3) is 10.8 Å². The van der Waals surface area contributed by atoms with Crippen LogP contribution in [0.3, 0.4) is 0 Å². The first-order valence-electron chi connectivity index (χ1n) is 13.3. The van der Waals surface area contributed by atoms with Gasteiger partial charge in [0.25, 0.3) is 0 Å². The molecule has 1 aliphatic carbocycles. The summed E-state index contributed by atoms with van der Waals surface area (Å²) >= 11 is 0. The summed E-state index contributed by atoms with van der Waals surface area (Å²) in [6, 6.07) is 21.3. The van der Waals surface area contributed by atoms with Gasteiger partial charge in [0.2, 0.25) is 0 Å². The van der Waals surface area contributed by atoms with Crippen LogP contribution in [-0.4, -0.2) is 25.7 Å². The number of benzene rings is 3. The summed E-state index contributed by atoms with van der Waals surface area (Å²) in [6.45, 7) is 6.44. The Labute approximate surface area is 216 Å². The lowest BCUT2D eigenvalue weighted by molar-refractivity contribution is -0.152. The molecule has 3 aromatic rings. The van der Waals surface area contributed by atoms with Crippen molar-refractivity contribution >= 4 is 26.6 Å². The lowest BCUT2D eigenvalue weighted by Crippen LogP contribution is -2.41. The van der Waals surface area contributed by atoms with Crippen LogP contribution in [0.1, 0.15) is 76.3 Å². The van der Waals surface area contributed by atoms with E-state index in [1.54, 1.807) is 12.1 Å². The molecular weight excluding hydrogens is 468 g/mol. The second-order valence-corrected chi connectivity index (χ2v) is 12.7. The van der Waals surface area contributed by atoms with E-state index in [0.29, 0.717) is 30.1 Å². The third-order valence-corrected chi connectivity index (χ3v) is 9.49. The van der Waals surface area contributed by atoms with Crippen molar-refractivity contribution in [3.8, 4) is 0 Å². The quantitative estimate of drug-likeness (QED) is 0.287. The van der Waals surface area contributed by atoms with E-state index in [0.717, 1.165) is 42.0 Å². The smallest absolute Gasteiger partial charge is 0.313 e. The van der Waals surface area contributed by atoms with Gasteiger partial charge in [0.05, 0.1) is 10.8 Å². The Hall–Kier alpha value is -2.66. The van der Waals surface area contributed by atoms with Gasteiger partial charge in [-0.05, 0) is 72.1 Å². The van der Waals surface area contributed by atoms with Crippen LogP contribution < -0.4 is 0 Å². The molecule has 0 spiro atoms. The summed E-state index contributed by atoms with van der Waals surface area (Å²) in [5.41, 5.74) is 2.20. The van der Waals surface area contributed by atoms with Gasteiger partial charge in [-0.2, -0.15) is 0 Å². The molecule has 5 heteroatoms. The number of sulfone groups is 1. The summed E-state index contributed by atoms with van der Waals surface area (Å²) < 4.78 is 33.5. The Bertz CT molecular complexity index is 1280. The molecule has 3 atom stereocenters. The molecule has 4 rings (SSSR count). The van der Waals surface area contributed by atoms with E-state index in [1.807, 2.05) is 42.5 Å². The fourth-order valence-corrected chi connectivity index (χ4v) is 7.34. The average Bonchev–Trinajstić information content (AvgIpc) is 2.87. The van der Waals surface area contributed by atoms with Gasteiger partial charge < -0.3 is 4.74 Å². The zero-order chi connectivity index (χ0) is 25.7. The van der Waals surface area contributed by atoms with Gasteiger partial charge in [-0.1, -0.05) is 88.2 Å². The Morgan fingerprint density at radius 3 is 2.33 bits per heavy atom. The number of hydrogen-bond acceptors (Lipinski definition) is 4. The standard InChI is InChI=1S/C31H38O4S/c1-4-9-28(25-16-14-23(15-17-25)20-22(2)3)31(32)35-29-12-7-8-13-30(29)36(33,34)27-19-18-24-10-5-6-11-26(24)21-27/h5-6,10-11,14-19,21-22,28-30H,4,7-9,12-13,20H2,1-3H3/t28-,29+,30+/m1/s1. The molecule has 0 N–H and O–H groups in total. The second-order valence-electron chi connectivity index (χ2n) is 10.5. The predicted octanol–water partition coefficient (Wildman–Crippen LogP) is 7.25. The molecule has 3 aromatic carbocycles. The average molecular weight is 507 g/mol. The Balaban J connectivity index is 1.55. The summed E-state index contributed by atoms with van der Waals surface area (Å²) in [5.74, 6) is -0.117. The van der Waals surface area contributed by atoms with Gasteiger partial charge >= 0.3 is 5.97 Å². The summed E-state index contributed by atoms with van der Waals surface area (Å²) in [6.07, 6.45) is 4.67. The molecule has 1 aliphatic rings. The number of rotatable bonds is 9. The first-order valence-corrected chi connectivity index (χ1v) is 14.9. The first-order chi connectivity index (χ1) is 17.3. The molecule has 36 heavy (non-hydrogen) atoms. The van der Waals surface area contributed by atoms with Crippen molar-refractivity contribution in [1.29, 1.82) is 0 Å². The van der Waals surface area contributed by atoms with E-state index in [1.165, 1.54) is 5.56 Å². The van der Waals surface area contributed by atoms with Crippen molar-refractivity contribution < 1.29 is 17.9 Å². The van der Waals surface area contributed by atoms with Gasteiger partial charge in [-0.3, -0.25) is 4.79 Å². The van der Waals surface area contributed by atoms with Gasteiger partial charge in [-0.15, -0.1) is 0 Å². The molecule has 0 aliphatic heterocycles. The topological polar surface area (TPSA) is 60.4 Å². The van der Waals surface area contributed by atoms with Crippen molar-refractivity contribution in [1.82, 2.24) is 0 Å². The summed E-state index contributed by atoms with van der Waals surface area (Å²) in [7, 11) is -3.65. The SMILES string of the molecule is CCC[C@@H](C(=O)O[C@H]1CCCC[C@@H]1S(=O)(=O)c1ccc2ccccc2c1)c1ccc(CC(C)C)cc1. The molecule has 0 bridgehead atoms. The third-order valence-electron chi connectivity index (χ3n) is 7.25. The van der Waals surface area contributed by atoms with Crippen LogP contribution in [0.5, 0.6) is 0 Å². The Morgan fingerprint density at radius 1 is 0.944 bits per heavy atom. The van der Waals surface area contributed by atoms with E-state index >= 15 is 0 Å². The number of ether oxygens (including phenoxy) is 1. The van der Waals surface area contributed by atoms with Crippen LogP contribution in [0, 0.1) is 5.92 Å². The van der Waals surface area contributed by atoms with Crippen molar-refractivity contribution in [2.75, 3.05) is 0 Å². The molecule has 0 aromatic heterocycles. The molecule has 192 valence electrons. The molecule has 1 fully saturated rings. The number of hydrogen-bond donors (Lipinski definition) is 0. The van der Waals surface area contributed by atoms with E-state index in [-0.39, 0.29) is 11.9 Å². The van der Waals surface area contributed by atoms with Crippen LogP contribution in [0.2, 0.25) is 0 Å². The van der Waals surface area contributed by atoms with Crippen LogP contribution in [0.15, 0.2) is 71.6 Å². The van der Waals surface area contributed by atoms with E-state index in [2.05, 4.69) is 32.9 Å². The summed E-state index contributed by atoms with van der Waals surface area (Å²) in [4.78, 5) is 13.7. The maximum absolute atomic E-state index is 13.7. The highest BCUT2D eigenvalue weighted by Crippen LogP contribution is 2.34. The first kappa shape index (κ1) is 26.4. The second kappa shape index (κ2) is 11.6. The molecule has 0 unspecified atom stereocenters. The number of carbonyl (C=O) groups is 1. The molecule has 0 amide bonds. The lowest BCUT2D eigenvalue weighted by atomic mass is 9.92. The zero-order valence-corrected chi connectivity index (χ0v) is 22.5. The predicted molar refractivity (Wildman–Crippen MR) is 146 cm³/mol. The van der Waals surface area contributed by atoms with Crippen molar-refractivity contribution in [2.45, 2.75) is 87.9 Å². The number of esters is 1. The third kappa shape index (κ3) is 6.00. The molecular formula is C31H38O4S. The lowest BCUT2D eigenvalue weighted by Gasteiger charge is -2.32. The van der Waals surface area contributed by atoms with Crippen LogP contribution in [-0.2, 0) is 25.8 Å². The van der Waals surface area contributed by atoms with Gasteiger partial charge in [0.15, 0.2) is 9.84 Å². The maximum atomic E-state index is 13.7. The van der Waals surface area contributed by atoms with Crippen molar-refractivity contribution in [2.24, 2.45) is 5.92 Å². The van der Waals surface area contributed by atoms with Crippen LogP contribution >= 0.6 is 0 Å². The zero-order valence-electron chi connectivity index (χ0n) is 21.7. The molecule has 1 saturated carbocycles. The molecule has 0 saturated heterocycles. The fraction of sp³-hybridized carbons (Fsp3) is 0.452. The molecule has 0 radical (unpaired) electrons. The minimum Gasteiger partial charge on any atom is -0.461 e. The fourth-order valence-electron chi connectivity index (χ4n) is 5.37.